The summed E-state index contributed by atoms with van der Waals surface area (Å²) in [5.74, 6) is -0.488. The Morgan fingerprint density at radius 3 is 2.95 bits per heavy atom. The van der Waals surface area contributed by atoms with E-state index in [4.69, 9.17) is 18.1 Å². The molecule has 0 saturated carbocycles. The third-order valence-electron chi connectivity index (χ3n) is 6.50. The molecule has 2 aromatic carbocycles. The number of nitrogens with zero attached hydrogens (tertiary/aromatic N) is 3. The third-order valence-corrected chi connectivity index (χ3v) is 6.50. The van der Waals surface area contributed by atoms with E-state index in [2.05, 4.69) is 15.1 Å². The van der Waals surface area contributed by atoms with Gasteiger partial charge in [0.1, 0.15) is 23.8 Å². The molecule has 9 heteroatoms. The van der Waals surface area contributed by atoms with Crippen LogP contribution in [-0.2, 0) is 24.4 Å². The fourth-order valence-electron chi connectivity index (χ4n) is 4.82. The van der Waals surface area contributed by atoms with Crippen LogP contribution >= 0.6 is 0 Å². The molecule has 1 N–H and O–H groups in total. The number of halogens is 1. The number of H-pyrrole nitrogens is 1. The first-order valence-corrected chi connectivity index (χ1v) is 11.6. The van der Waals surface area contributed by atoms with Crippen LogP contribution in [0.25, 0.3) is 16.8 Å². The van der Waals surface area contributed by atoms with Crippen LogP contribution in [0.2, 0.25) is 0 Å². The molecule has 0 saturated heterocycles. The average Bonchev–Trinajstić information content (AvgIpc) is 3.46. The molecule has 0 unspecified atom stereocenters. The Balaban J connectivity index is 1.44. The number of ether oxygens (including phenoxy) is 2. The van der Waals surface area contributed by atoms with Gasteiger partial charge in [0.25, 0.3) is 0 Å². The molecular formula is C28H23FN4O4. The molecule has 186 valence electrons. The fraction of sp³-hybridized carbons (Fsp3) is 0.179. The van der Waals surface area contributed by atoms with Gasteiger partial charge in [-0.05, 0) is 53.5 Å². The molecule has 0 radical (unpaired) electrons. The number of rotatable bonds is 5. The molecule has 0 aliphatic carbocycles. The Kier molecular flexibility index (Phi) is 4.88. The Labute approximate surface area is 215 Å². The Morgan fingerprint density at radius 2 is 2.11 bits per heavy atom. The lowest BCUT2D eigenvalue weighted by Gasteiger charge is -2.14. The first-order valence-electron chi connectivity index (χ1n) is 13.1. The van der Waals surface area contributed by atoms with Gasteiger partial charge in [-0.15, -0.1) is 0 Å². The van der Waals surface area contributed by atoms with Crippen molar-refractivity contribution >= 4 is 16.8 Å². The predicted octanol–water partition coefficient (Wildman–Crippen LogP) is 4.76. The van der Waals surface area contributed by atoms with Gasteiger partial charge < -0.3 is 13.9 Å². The second kappa shape index (κ2) is 9.18. The molecule has 0 bridgehead atoms. The summed E-state index contributed by atoms with van der Waals surface area (Å²) < 4.78 is 54.2. The van der Waals surface area contributed by atoms with Crippen molar-refractivity contribution in [2.45, 2.75) is 26.6 Å². The highest BCUT2D eigenvalue weighted by atomic mass is 19.1. The summed E-state index contributed by atoms with van der Waals surface area (Å²) in [6, 6.07) is 15.8. The molecule has 0 spiro atoms. The maximum Gasteiger partial charge on any atom is 0.439 e. The first kappa shape index (κ1) is 19.7. The number of pyridine rings is 1. The third kappa shape index (κ3) is 4.13. The molecule has 8 nitrogen and oxygen atoms in total. The van der Waals surface area contributed by atoms with E-state index < -0.39 is 18.6 Å². The summed E-state index contributed by atoms with van der Waals surface area (Å²) in [6.07, 6.45) is 2.31. The smallest absolute Gasteiger partial charge is 0.439 e. The van der Waals surface area contributed by atoms with Crippen LogP contribution in [-0.4, -0.2) is 26.6 Å². The molecule has 0 atom stereocenters. The average molecular weight is 502 g/mol. The van der Waals surface area contributed by atoms with Crippen molar-refractivity contribution in [3.8, 4) is 5.75 Å². The lowest BCUT2D eigenvalue weighted by molar-refractivity contribution is 0.181. The minimum Gasteiger partial charge on any atom is -0.488 e. The van der Waals surface area contributed by atoms with Crippen molar-refractivity contribution in [3.63, 3.8) is 0 Å². The van der Waals surface area contributed by atoms with Gasteiger partial charge in [0.2, 0.25) is 0 Å². The van der Waals surface area contributed by atoms with Gasteiger partial charge in [-0.25, -0.2) is 14.2 Å². The minimum absolute atomic E-state index is 0.162. The van der Waals surface area contributed by atoms with Gasteiger partial charge in [-0.3, -0.25) is 9.51 Å². The van der Waals surface area contributed by atoms with E-state index in [1.807, 2.05) is 47.0 Å². The molecule has 1 aliphatic heterocycles. The van der Waals surface area contributed by atoms with Gasteiger partial charge in [0.15, 0.2) is 5.82 Å². The summed E-state index contributed by atoms with van der Waals surface area (Å²) in [6.45, 7) is 1.81. The van der Waals surface area contributed by atoms with Gasteiger partial charge in [0.05, 0.1) is 22.1 Å². The van der Waals surface area contributed by atoms with E-state index in [0.29, 0.717) is 34.6 Å². The van der Waals surface area contributed by atoms with Gasteiger partial charge in [0, 0.05) is 36.9 Å². The zero-order valence-electron chi connectivity index (χ0n) is 22.7. The van der Waals surface area contributed by atoms with E-state index >= 15 is 0 Å². The summed E-state index contributed by atoms with van der Waals surface area (Å²) in [5, 5.41) is 3.85. The maximum atomic E-state index is 14.2. The van der Waals surface area contributed by atoms with Crippen molar-refractivity contribution in [1.82, 2.24) is 19.5 Å². The second-order valence-electron chi connectivity index (χ2n) is 8.76. The Morgan fingerprint density at radius 1 is 1.22 bits per heavy atom. The summed E-state index contributed by atoms with van der Waals surface area (Å²) >= 11 is 0. The second-order valence-corrected chi connectivity index (χ2v) is 8.76. The summed E-state index contributed by atoms with van der Waals surface area (Å²) in [7, 11) is -2.54. The normalized spacial score (nSPS) is 15.7. The largest absolute Gasteiger partial charge is 0.488 e. The molecule has 0 fully saturated rings. The Hall–Kier alpha value is -4.50. The molecule has 0 amide bonds. The van der Waals surface area contributed by atoms with E-state index in [0.717, 1.165) is 28.0 Å². The molecular weight excluding hydrogens is 475 g/mol. The molecule has 37 heavy (non-hydrogen) atoms. The van der Waals surface area contributed by atoms with Crippen LogP contribution in [0.4, 0.5) is 4.39 Å². The van der Waals surface area contributed by atoms with Crippen LogP contribution < -0.4 is 10.5 Å². The number of allylic oxidation sites excluding steroid dienone is 1. The van der Waals surface area contributed by atoms with E-state index in [1.54, 1.807) is 13.0 Å². The zero-order valence-corrected chi connectivity index (χ0v) is 19.7. The first-order chi connectivity index (χ1) is 19.2. The van der Waals surface area contributed by atoms with Crippen molar-refractivity contribution in [1.29, 1.82) is 0 Å². The molecule has 6 rings (SSSR count). The highest BCUT2D eigenvalue weighted by Gasteiger charge is 2.24. The van der Waals surface area contributed by atoms with Crippen LogP contribution in [0.15, 0.2) is 70.1 Å². The zero-order chi connectivity index (χ0) is 28.0. The molecule has 3 aromatic heterocycles. The van der Waals surface area contributed by atoms with Gasteiger partial charge >= 0.3 is 5.76 Å². The van der Waals surface area contributed by atoms with Gasteiger partial charge in [-0.1, -0.05) is 29.4 Å². The number of methoxy groups -OCH3 is 1. The molecule has 5 aromatic rings. The Bertz CT molecular complexity index is 1840. The summed E-state index contributed by atoms with van der Waals surface area (Å²) in [5.41, 5.74) is 6.61. The SMILES string of the molecule is [2H]C([2H])([2H])OCc1nc2ccccn2c1Cc1ccc2c(c1)COc1cc(F)ccc1/C2=C(\C)c1noc(=O)[nH]1. The van der Waals surface area contributed by atoms with Crippen molar-refractivity contribution < 1.29 is 22.5 Å². The van der Waals surface area contributed by atoms with E-state index in [-0.39, 0.29) is 19.0 Å². The number of aromatic amines is 1. The number of hydrogen-bond donors (Lipinski definition) is 1. The molecule has 4 heterocycles. The van der Waals surface area contributed by atoms with Crippen LogP contribution in [0.5, 0.6) is 5.75 Å². The van der Waals surface area contributed by atoms with Crippen molar-refractivity contribution in [2.24, 2.45) is 0 Å². The highest BCUT2D eigenvalue weighted by Crippen LogP contribution is 2.41. The predicted molar refractivity (Wildman–Crippen MR) is 135 cm³/mol. The van der Waals surface area contributed by atoms with Crippen molar-refractivity contribution in [3.05, 3.63) is 117 Å². The quantitative estimate of drug-likeness (QED) is 0.373. The fourth-order valence-corrected chi connectivity index (χ4v) is 4.82. The lowest BCUT2D eigenvalue weighted by Crippen LogP contribution is -2.03. The standard InChI is InChI=1S/C28H23FN4O4/c1-16(27-31-28(34)37-32-27)26-20-8-6-17(11-18(20)14-36-24-13-19(29)7-9-21(24)26)12-23-22(15-35-2)30-25-5-3-4-10-33(23)25/h3-11,13H,12,14-15H2,1-2H3,(H,31,32,34)/b26-16+/i2D3. The summed E-state index contributed by atoms with van der Waals surface area (Å²) in [4.78, 5) is 18.9. The number of hydrogen-bond acceptors (Lipinski definition) is 6. The highest BCUT2D eigenvalue weighted by molar-refractivity contribution is 5.99. The number of benzene rings is 2. The number of aromatic nitrogens is 4. The van der Waals surface area contributed by atoms with Crippen LogP contribution in [0, 0.1) is 5.82 Å². The molecule has 1 aliphatic rings. The number of nitrogens with one attached hydrogen (secondary N) is 1. The van der Waals surface area contributed by atoms with E-state index in [9.17, 15) is 9.18 Å². The number of fused-ring (bicyclic) bond motifs is 3. The minimum atomic E-state index is -2.54. The van der Waals surface area contributed by atoms with E-state index in [1.165, 1.54) is 12.1 Å². The van der Waals surface area contributed by atoms with Gasteiger partial charge in [-0.2, -0.15) is 0 Å². The van der Waals surface area contributed by atoms with Crippen molar-refractivity contribution in [2.75, 3.05) is 7.04 Å². The maximum absolute atomic E-state index is 14.2. The van der Waals surface area contributed by atoms with Crippen LogP contribution in [0.3, 0.4) is 0 Å². The topological polar surface area (TPSA) is 94.7 Å². The lowest BCUT2D eigenvalue weighted by atomic mass is 9.89. The van der Waals surface area contributed by atoms with Crippen LogP contribution in [0.1, 0.15) is 50.5 Å². The monoisotopic (exact) mass is 501 g/mol. The number of imidazole rings is 1.